The van der Waals surface area contributed by atoms with E-state index in [0.717, 1.165) is 15.6 Å². The molecule has 0 bridgehead atoms. The highest BCUT2D eigenvalue weighted by Crippen LogP contribution is 2.32. The molecule has 0 aliphatic rings. The minimum Gasteiger partial charge on any atom is -0.457 e. The number of benzene rings is 2. The fourth-order valence-corrected chi connectivity index (χ4v) is 3.62. The smallest absolute Gasteiger partial charge is 0.248 e. The second kappa shape index (κ2) is 8.21. The molecule has 0 saturated heterocycles. The van der Waals surface area contributed by atoms with E-state index in [1.807, 2.05) is 19.1 Å². The molecule has 0 radical (unpaired) electrons. The van der Waals surface area contributed by atoms with E-state index < -0.39 is 0 Å². The Morgan fingerprint density at radius 2 is 1.93 bits per heavy atom. The molecule has 7 heteroatoms. The van der Waals surface area contributed by atoms with Crippen molar-refractivity contribution in [2.45, 2.75) is 6.92 Å². The summed E-state index contributed by atoms with van der Waals surface area (Å²) in [5.74, 6) is 0.814. The zero-order chi connectivity index (χ0) is 19.6. The lowest BCUT2D eigenvalue weighted by atomic mass is 10.1. The summed E-state index contributed by atoms with van der Waals surface area (Å²) in [6.45, 7) is 1.82. The van der Waals surface area contributed by atoms with E-state index in [2.05, 4.69) is 21.2 Å². The van der Waals surface area contributed by atoms with Gasteiger partial charge in [-0.15, -0.1) is 0 Å². The van der Waals surface area contributed by atoms with Gasteiger partial charge in [-0.3, -0.25) is 4.79 Å². The second-order valence-corrected chi connectivity index (χ2v) is 7.57. The number of anilines is 2. The van der Waals surface area contributed by atoms with Crippen LogP contribution >= 0.6 is 39.1 Å². The molecular weight excluding hydrogens is 451 g/mol. The van der Waals surface area contributed by atoms with Crippen LogP contribution in [0, 0.1) is 6.92 Å². The molecule has 27 heavy (non-hydrogen) atoms. The summed E-state index contributed by atoms with van der Waals surface area (Å²) in [5, 5.41) is 3.71. The molecule has 1 aromatic heterocycles. The van der Waals surface area contributed by atoms with Crippen LogP contribution in [0.25, 0.3) is 17.4 Å². The Morgan fingerprint density at radius 3 is 2.63 bits per heavy atom. The van der Waals surface area contributed by atoms with Gasteiger partial charge in [0, 0.05) is 21.8 Å². The van der Waals surface area contributed by atoms with Crippen LogP contribution in [0.5, 0.6) is 0 Å². The van der Waals surface area contributed by atoms with Gasteiger partial charge >= 0.3 is 0 Å². The molecular formula is C20H15BrCl2N2O2. The molecule has 2 aromatic carbocycles. The van der Waals surface area contributed by atoms with Crippen molar-refractivity contribution < 1.29 is 9.21 Å². The van der Waals surface area contributed by atoms with Crippen molar-refractivity contribution in [3.8, 4) is 11.3 Å². The van der Waals surface area contributed by atoms with Gasteiger partial charge in [0.15, 0.2) is 0 Å². The van der Waals surface area contributed by atoms with E-state index in [0.29, 0.717) is 32.9 Å². The van der Waals surface area contributed by atoms with E-state index in [9.17, 15) is 4.79 Å². The molecule has 3 rings (SSSR count). The van der Waals surface area contributed by atoms with E-state index in [1.165, 1.54) is 6.08 Å². The number of nitrogens with one attached hydrogen (secondary N) is 1. The number of rotatable bonds is 4. The highest BCUT2D eigenvalue weighted by atomic mass is 79.9. The maximum atomic E-state index is 12.2. The van der Waals surface area contributed by atoms with Crippen LogP contribution in [0.15, 0.2) is 57.4 Å². The minimum atomic E-state index is -0.329. The Hall–Kier alpha value is -2.21. The topological polar surface area (TPSA) is 68.3 Å². The number of amides is 1. The first-order chi connectivity index (χ1) is 12.8. The van der Waals surface area contributed by atoms with Gasteiger partial charge in [-0.05, 0) is 61.0 Å². The summed E-state index contributed by atoms with van der Waals surface area (Å²) in [5.41, 5.74) is 8.36. The lowest BCUT2D eigenvalue weighted by Gasteiger charge is -2.09. The second-order valence-electron chi connectivity index (χ2n) is 5.84. The number of halogens is 3. The third kappa shape index (κ3) is 4.75. The van der Waals surface area contributed by atoms with E-state index in [4.69, 9.17) is 33.4 Å². The van der Waals surface area contributed by atoms with Gasteiger partial charge in [0.05, 0.1) is 15.7 Å². The summed E-state index contributed by atoms with van der Waals surface area (Å²) in [7, 11) is 0. The number of carbonyl (C=O) groups is 1. The van der Waals surface area contributed by atoms with E-state index in [1.54, 1.807) is 36.4 Å². The van der Waals surface area contributed by atoms with Crippen molar-refractivity contribution >= 4 is 62.5 Å². The van der Waals surface area contributed by atoms with Crippen LogP contribution in [0.2, 0.25) is 10.0 Å². The third-order valence-corrected chi connectivity index (χ3v) is 4.88. The monoisotopic (exact) mass is 464 g/mol. The molecule has 1 heterocycles. The SMILES string of the molecule is Cc1cc(N)cc(Cl)c1NC(=O)/C=C/c1ccc(-c2ccc(Br)cc2Cl)o1. The molecule has 0 atom stereocenters. The summed E-state index contributed by atoms with van der Waals surface area (Å²) >= 11 is 15.7. The van der Waals surface area contributed by atoms with Gasteiger partial charge in [0.1, 0.15) is 11.5 Å². The highest BCUT2D eigenvalue weighted by Gasteiger charge is 2.10. The zero-order valence-electron chi connectivity index (χ0n) is 14.2. The van der Waals surface area contributed by atoms with Crippen LogP contribution in [0.3, 0.4) is 0 Å². The molecule has 0 aliphatic carbocycles. The first-order valence-corrected chi connectivity index (χ1v) is 9.48. The quantitative estimate of drug-likeness (QED) is 0.338. The fourth-order valence-electron chi connectivity index (χ4n) is 2.53. The molecule has 4 nitrogen and oxygen atoms in total. The number of furan rings is 1. The standard InChI is InChI=1S/C20H15BrCl2N2O2/c1-11-8-13(24)10-17(23)20(11)25-19(26)7-4-14-3-6-18(27-14)15-5-2-12(21)9-16(15)22/h2-10H,24H2,1H3,(H,25,26)/b7-4+. The molecule has 0 fully saturated rings. The van der Waals surface area contributed by atoms with Gasteiger partial charge < -0.3 is 15.5 Å². The van der Waals surface area contributed by atoms with Crippen molar-refractivity contribution in [1.82, 2.24) is 0 Å². The van der Waals surface area contributed by atoms with Crippen molar-refractivity contribution in [2.24, 2.45) is 0 Å². The Balaban J connectivity index is 1.73. The minimum absolute atomic E-state index is 0.329. The van der Waals surface area contributed by atoms with Crippen LogP contribution in [-0.2, 0) is 4.79 Å². The molecule has 0 spiro atoms. The van der Waals surface area contributed by atoms with E-state index >= 15 is 0 Å². The number of hydrogen-bond donors (Lipinski definition) is 2. The summed E-state index contributed by atoms with van der Waals surface area (Å²) in [6.07, 6.45) is 2.95. The Bertz CT molecular complexity index is 1020. The molecule has 3 N–H and O–H groups in total. The van der Waals surface area contributed by atoms with Gasteiger partial charge in [0.25, 0.3) is 0 Å². The average Bonchev–Trinajstić information content (AvgIpc) is 3.05. The molecule has 138 valence electrons. The maximum absolute atomic E-state index is 12.2. The van der Waals surface area contributed by atoms with Crippen molar-refractivity contribution in [1.29, 1.82) is 0 Å². The summed E-state index contributed by atoms with van der Waals surface area (Å²) in [6, 6.07) is 12.4. The van der Waals surface area contributed by atoms with Crippen molar-refractivity contribution in [3.63, 3.8) is 0 Å². The van der Waals surface area contributed by atoms with Gasteiger partial charge in [0.2, 0.25) is 5.91 Å². The number of nitrogen functional groups attached to an aromatic ring is 1. The summed E-state index contributed by atoms with van der Waals surface area (Å²) in [4.78, 5) is 12.2. The summed E-state index contributed by atoms with van der Waals surface area (Å²) < 4.78 is 6.63. The normalized spacial score (nSPS) is 11.1. The molecule has 1 amide bonds. The largest absolute Gasteiger partial charge is 0.457 e. The average molecular weight is 466 g/mol. The molecule has 3 aromatic rings. The van der Waals surface area contributed by atoms with Crippen molar-refractivity contribution in [3.05, 3.63) is 74.4 Å². The Labute approximate surface area is 175 Å². The molecule has 0 aliphatic heterocycles. The fraction of sp³-hybridized carbons (Fsp3) is 0.0500. The first-order valence-electron chi connectivity index (χ1n) is 7.93. The van der Waals surface area contributed by atoms with Crippen LogP contribution in [-0.4, -0.2) is 5.91 Å². The molecule has 0 unspecified atom stereocenters. The first kappa shape index (κ1) is 19.5. The molecule has 0 saturated carbocycles. The predicted molar refractivity (Wildman–Crippen MR) is 115 cm³/mol. The van der Waals surface area contributed by atoms with Crippen molar-refractivity contribution in [2.75, 3.05) is 11.1 Å². The highest BCUT2D eigenvalue weighted by molar-refractivity contribution is 9.10. The van der Waals surface area contributed by atoms with Crippen LogP contribution in [0.4, 0.5) is 11.4 Å². The van der Waals surface area contributed by atoms with E-state index in [-0.39, 0.29) is 5.91 Å². The number of aryl methyl sites for hydroxylation is 1. The lowest BCUT2D eigenvalue weighted by molar-refractivity contribution is -0.111. The maximum Gasteiger partial charge on any atom is 0.248 e. The zero-order valence-corrected chi connectivity index (χ0v) is 17.3. The lowest BCUT2D eigenvalue weighted by Crippen LogP contribution is -2.09. The number of nitrogens with two attached hydrogens (primary N) is 1. The van der Waals surface area contributed by atoms with Gasteiger partial charge in [-0.25, -0.2) is 0 Å². The van der Waals surface area contributed by atoms with Gasteiger partial charge in [-0.2, -0.15) is 0 Å². The third-order valence-electron chi connectivity index (χ3n) is 3.78. The van der Waals surface area contributed by atoms with Crippen LogP contribution in [0.1, 0.15) is 11.3 Å². The Kier molecular flexibility index (Phi) is 5.95. The number of hydrogen-bond acceptors (Lipinski definition) is 3. The van der Waals surface area contributed by atoms with Crippen LogP contribution < -0.4 is 11.1 Å². The Morgan fingerprint density at radius 1 is 1.15 bits per heavy atom. The predicted octanol–water partition coefficient (Wildman–Crippen LogP) is 6.56. The number of carbonyl (C=O) groups excluding carboxylic acids is 1. The van der Waals surface area contributed by atoms with Gasteiger partial charge in [-0.1, -0.05) is 39.1 Å².